The van der Waals surface area contributed by atoms with E-state index in [0.717, 1.165) is 54.1 Å². The Morgan fingerprint density at radius 2 is 1.95 bits per heavy atom. The van der Waals surface area contributed by atoms with E-state index in [1.54, 1.807) is 0 Å². The number of para-hydroxylation sites is 1. The summed E-state index contributed by atoms with van der Waals surface area (Å²) < 4.78 is 15.2. The molecular formula is C13H15BN4O2. The summed E-state index contributed by atoms with van der Waals surface area (Å²) in [5.74, 6) is 0. The lowest BCUT2D eigenvalue weighted by atomic mass is 9.60. The molecule has 5 rings (SSSR count). The van der Waals surface area contributed by atoms with Crippen molar-refractivity contribution in [1.29, 1.82) is 0 Å². The molecule has 1 aromatic carbocycles. The van der Waals surface area contributed by atoms with E-state index in [-0.39, 0.29) is 0 Å². The first-order valence-corrected chi connectivity index (χ1v) is 7.12. The lowest BCUT2D eigenvalue weighted by Crippen LogP contribution is -2.68. The summed E-state index contributed by atoms with van der Waals surface area (Å²) >= 11 is 0. The van der Waals surface area contributed by atoms with Gasteiger partial charge in [-0.25, -0.2) is 4.68 Å². The molecular weight excluding hydrogens is 255 g/mol. The summed E-state index contributed by atoms with van der Waals surface area (Å²) in [4.78, 5) is 0. The highest BCUT2D eigenvalue weighted by molar-refractivity contribution is 6.76. The highest BCUT2D eigenvalue weighted by Crippen LogP contribution is 2.39. The van der Waals surface area contributed by atoms with Crippen LogP contribution in [0.15, 0.2) is 30.5 Å². The van der Waals surface area contributed by atoms with Crippen molar-refractivity contribution in [3.05, 3.63) is 36.2 Å². The van der Waals surface area contributed by atoms with Crippen LogP contribution in [0, 0.1) is 0 Å². The molecule has 0 bridgehead atoms. The molecule has 2 aromatic rings. The van der Waals surface area contributed by atoms with Gasteiger partial charge in [-0.1, -0.05) is 28.9 Å². The molecule has 0 spiro atoms. The highest BCUT2D eigenvalue weighted by Gasteiger charge is 2.61. The van der Waals surface area contributed by atoms with E-state index in [1.165, 1.54) is 0 Å². The molecule has 0 radical (unpaired) electrons. The minimum absolute atomic E-state index is 0.760. The van der Waals surface area contributed by atoms with Crippen LogP contribution in [0.2, 0.25) is 0 Å². The smallest absolute Gasteiger partial charge is 0.505 e. The molecule has 20 heavy (non-hydrogen) atoms. The Morgan fingerprint density at radius 3 is 2.80 bits per heavy atom. The fourth-order valence-electron chi connectivity index (χ4n) is 4.24. The average Bonchev–Trinajstić information content (AvgIpc) is 3.11. The number of benzene rings is 1. The first-order valence-electron chi connectivity index (χ1n) is 7.12. The predicted molar refractivity (Wildman–Crippen MR) is 72.3 cm³/mol. The molecule has 0 saturated carbocycles. The van der Waals surface area contributed by atoms with Gasteiger partial charge in [0, 0.05) is 5.69 Å². The minimum Gasteiger partial charge on any atom is -0.505 e. The molecule has 7 heteroatoms. The maximum Gasteiger partial charge on any atom is 0.505 e. The second-order valence-electron chi connectivity index (χ2n) is 5.93. The number of hydrogen-bond donors (Lipinski definition) is 0. The van der Waals surface area contributed by atoms with Gasteiger partial charge < -0.3 is 13.7 Å². The summed E-state index contributed by atoms with van der Waals surface area (Å²) in [6.45, 7) is 2.95. The SMILES string of the molecule is c1ccc2c(c1)-n1nncc1C[N+]13CCO[B-]21OCC3. The van der Waals surface area contributed by atoms with E-state index >= 15 is 0 Å². The number of aromatic nitrogens is 3. The normalized spacial score (nSPS) is 34.0. The summed E-state index contributed by atoms with van der Waals surface area (Å²) in [6, 6.07) is 8.28. The van der Waals surface area contributed by atoms with Crippen molar-refractivity contribution in [3.63, 3.8) is 0 Å². The molecule has 4 heterocycles. The monoisotopic (exact) mass is 270 g/mol. The lowest BCUT2D eigenvalue weighted by Gasteiger charge is -2.45. The Morgan fingerprint density at radius 1 is 1.15 bits per heavy atom. The van der Waals surface area contributed by atoms with Crippen LogP contribution in [-0.2, 0) is 15.9 Å². The number of quaternary nitrogens is 1. The Bertz CT molecular complexity index is 691. The van der Waals surface area contributed by atoms with Crippen molar-refractivity contribution in [3.8, 4) is 5.69 Å². The van der Waals surface area contributed by atoms with Gasteiger partial charge in [0.25, 0.3) is 0 Å². The van der Waals surface area contributed by atoms with Crippen LogP contribution in [0.3, 0.4) is 0 Å². The fraction of sp³-hybridized carbons (Fsp3) is 0.385. The second-order valence-corrected chi connectivity index (χ2v) is 5.93. The third-order valence-corrected chi connectivity index (χ3v) is 5.14. The van der Waals surface area contributed by atoms with Gasteiger partial charge in [-0.2, -0.15) is 0 Å². The number of fused-ring (bicyclic) bond motifs is 3. The van der Waals surface area contributed by atoms with Gasteiger partial charge in [-0.05, 0) is 6.07 Å². The maximum atomic E-state index is 6.22. The first kappa shape index (κ1) is 11.0. The molecule has 0 N–H and O–H groups in total. The summed E-state index contributed by atoms with van der Waals surface area (Å²) in [7, 11) is 0. The summed E-state index contributed by atoms with van der Waals surface area (Å²) in [5, 5.41) is 8.36. The van der Waals surface area contributed by atoms with Crippen LogP contribution in [0.1, 0.15) is 5.69 Å². The van der Waals surface area contributed by atoms with E-state index in [2.05, 4.69) is 28.5 Å². The number of rotatable bonds is 0. The van der Waals surface area contributed by atoms with Crippen molar-refractivity contribution < 1.29 is 13.7 Å². The van der Waals surface area contributed by atoms with Gasteiger partial charge in [-0.3, -0.25) is 0 Å². The minimum atomic E-state index is -1.45. The summed E-state index contributed by atoms with van der Waals surface area (Å²) in [5.41, 5.74) is 3.31. The largest absolute Gasteiger partial charge is 0.505 e. The third kappa shape index (κ3) is 1.09. The molecule has 102 valence electrons. The van der Waals surface area contributed by atoms with Crippen molar-refractivity contribution in [1.82, 2.24) is 15.0 Å². The Balaban J connectivity index is 1.88. The van der Waals surface area contributed by atoms with E-state index in [0.29, 0.717) is 0 Å². The number of hydrogen-bond acceptors (Lipinski definition) is 4. The molecule has 2 fully saturated rings. The molecule has 1 aromatic heterocycles. The number of nitrogens with zero attached hydrogens (tertiary/aromatic N) is 4. The molecule has 0 amide bonds. The fourth-order valence-corrected chi connectivity index (χ4v) is 4.24. The van der Waals surface area contributed by atoms with E-state index in [1.807, 2.05) is 16.9 Å². The zero-order valence-corrected chi connectivity index (χ0v) is 11.1. The highest BCUT2D eigenvalue weighted by atomic mass is 16.6. The first-order chi connectivity index (χ1) is 9.85. The maximum absolute atomic E-state index is 6.22. The lowest BCUT2D eigenvalue weighted by molar-refractivity contribution is -0.834. The van der Waals surface area contributed by atoms with Gasteiger partial charge >= 0.3 is 6.69 Å². The Labute approximate surface area is 116 Å². The second kappa shape index (κ2) is 3.49. The van der Waals surface area contributed by atoms with Crippen LogP contribution in [0.4, 0.5) is 0 Å². The van der Waals surface area contributed by atoms with Crippen molar-refractivity contribution in [2.24, 2.45) is 0 Å². The van der Waals surface area contributed by atoms with Gasteiger partial charge in [0.15, 0.2) is 0 Å². The van der Waals surface area contributed by atoms with E-state index in [4.69, 9.17) is 9.31 Å². The summed E-state index contributed by atoms with van der Waals surface area (Å²) in [6.07, 6.45) is 1.87. The predicted octanol–water partition coefficient (Wildman–Crippen LogP) is -0.196. The topological polar surface area (TPSA) is 49.2 Å². The Hall–Kier alpha value is -1.70. The van der Waals surface area contributed by atoms with Crippen LogP contribution in [0.25, 0.3) is 5.69 Å². The zero-order valence-electron chi connectivity index (χ0n) is 11.1. The van der Waals surface area contributed by atoms with E-state index in [9.17, 15) is 0 Å². The van der Waals surface area contributed by atoms with Gasteiger partial charge in [-0.15, -0.1) is 5.10 Å². The standard InChI is InChI=1S/C13H15BN4O2/c1-2-4-13-12(3-1)14-18(5-7-19-14,6-8-20-14)10-11-9-15-16-17(11)13/h1-4,9H,5-8,10H2. The van der Waals surface area contributed by atoms with Gasteiger partial charge in [0.1, 0.15) is 5.69 Å². The van der Waals surface area contributed by atoms with Gasteiger partial charge in [0.05, 0.1) is 39.0 Å². The third-order valence-electron chi connectivity index (χ3n) is 5.14. The van der Waals surface area contributed by atoms with E-state index < -0.39 is 6.69 Å². The molecule has 3 aliphatic heterocycles. The quantitative estimate of drug-likeness (QED) is 0.622. The molecule has 2 saturated heterocycles. The molecule has 0 unspecified atom stereocenters. The van der Waals surface area contributed by atoms with Crippen LogP contribution >= 0.6 is 0 Å². The molecule has 0 atom stereocenters. The molecule has 3 aliphatic rings. The van der Waals surface area contributed by atoms with Crippen molar-refractivity contribution in [2.45, 2.75) is 6.54 Å². The van der Waals surface area contributed by atoms with Crippen LogP contribution in [-0.4, -0.2) is 52.4 Å². The zero-order chi connectivity index (χ0) is 13.2. The van der Waals surface area contributed by atoms with Crippen molar-refractivity contribution in [2.75, 3.05) is 26.3 Å². The van der Waals surface area contributed by atoms with Gasteiger partial charge in [0.2, 0.25) is 0 Å². The Kier molecular flexibility index (Phi) is 1.92. The van der Waals surface area contributed by atoms with Crippen LogP contribution < -0.4 is 5.46 Å². The average molecular weight is 270 g/mol. The molecule has 0 aliphatic carbocycles. The molecule has 6 nitrogen and oxygen atoms in total. The van der Waals surface area contributed by atoms with Crippen LogP contribution in [0.5, 0.6) is 0 Å². The van der Waals surface area contributed by atoms with Crippen molar-refractivity contribution >= 4 is 12.1 Å².